The van der Waals surface area contributed by atoms with Crippen LogP contribution in [0.15, 0.2) is 53.3 Å². The molecule has 0 radical (unpaired) electrons. The highest BCUT2D eigenvalue weighted by Gasteiger charge is 2.23. The molecule has 33 heavy (non-hydrogen) atoms. The summed E-state index contributed by atoms with van der Waals surface area (Å²) in [5.74, 6) is -0.982. The highest BCUT2D eigenvalue weighted by Crippen LogP contribution is 2.23. The van der Waals surface area contributed by atoms with Crippen LogP contribution in [-0.4, -0.2) is 35.1 Å². The van der Waals surface area contributed by atoms with Gasteiger partial charge in [-0.1, -0.05) is 44.0 Å². The monoisotopic (exact) mass is 449 g/mol. The van der Waals surface area contributed by atoms with E-state index in [9.17, 15) is 19.2 Å². The maximum absolute atomic E-state index is 12.8. The summed E-state index contributed by atoms with van der Waals surface area (Å²) in [6.45, 7) is 1.33. The van der Waals surface area contributed by atoms with Crippen LogP contribution in [0.4, 0.5) is 4.79 Å². The van der Waals surface area contributed by atoms with Crippen LogP contribution in [0, 0.1) is 5.92 Å². The number of carbonyl (C=O) groups excluding carboxylic acids is 3. The number of ether oxygens (including phenoxy) is 1. The van der Waals surface area contributed by atoms with E-state index in [1.165, 1.54) is 0 Å². The SMILES string of the molecule is CC1CCCCC1NC(=O)NC(=O)COC(=O)Cn1c2ccccc2c(=O)c2ccccc21. The van der Waals surface area contributed by atoms with E-state index < -0.39 is 24.5 Å². The molecule has 2 unspecified atom stereocenters. The van der Waals surface area contributed by atoms with E-state index in [1.54, 1.807) is 53.1 Å². The molecule has 1 fully saturated rings. The number of carbonyl (C=O) groups is 3. The van der Waals surface area contributed by atoms with E-state index in [0.717, 1.165) is 25.7 Å². The Hall–Kier alpha value is -3.68. The van der Waals surface area contributed by atoms with Gasteiger partial charge in [-0.05, 0) is 43.0 Å². The van der Waals surface area contributed by atoms with Gasteiger partial charge in [-0.15, -0.1) is 0 Å². The third-order valence-corrected chi connectivity index (χ3v) is 6.21. The number of amides is 3. The second-order valence-corrected chi connectivity index (χ2v) is 8.50. The van der Waals surface area contributed by atoms with Crippen LogP contribution in [0.1, 0.15) is 32.6 Å². The second kappa shape index (κ2) is 9.85. The van der Waals surface area contributed by atoms with Crippen molar-refractivity contribution in [1.82, 2.24) is 15.2 Å². The first-order valence-electron chi connectivity index (χ1n) is 11.2. The zero-order valence-corrected chi connectivity index (χ0v) is 18.5. The normalized spacial score (nSPS) is 18.1. The Bertz CT molecular complexity index is 1210. The molecule has 2 N–H and O–H groups in total. The average molecular weight is 450 g/mol. The quantitative estimate of drug-likeness (QED) is 0.460. The summed E-state index contributed by atoms with van der Waals surface area (Å²) >= 11 is 0. The lowest BCUT2D eigenvalue weighted by atomic mass is 9.86. The predicted molar refractivity (Wildman–Crippen MR) is 125 cm³/mol. The topological polar surface area (TPSA) is 106 Å². The van der Waals surface area contributed by atoms with Crippen LogP contribution in [0.2, 0.25) is 0 Å². The van der Waals surface area contributed by atoms with E-state index in [-0.39, 0.29) is 18.0 Å². The number of benzene rings is 2. The second-order valence-electron chi connectivity index (χ2n) is 8.50. The fraction of sp³-hybridized carbons (Fsp3) is 0.360. The van der Waals surface area contributed by atoms with Crippen LogP contribution in [0.5, 0.6) is 0 Å². The molecule has 172 valence electrons. The number of pyridine rings is 1. The fourth-order valence-corrected chi connectivity index (χ4v) is 4.47. The molecule has 1 aromatic heterocycles. The number of urea groups is 1. The number of nitrogens with one attached hydrogen (secondary N) is 2. The lowest BCUT2D eigenvalue weighted by Crippen LogP contribution is -2.48. The Morgan fingerprint density at radius 1 is 0.970 bits per heavy atom. The number of aromatic nitrogens is 1. The van der Waals surface area contributed by atoms with Crippen molar-refractivity contribution in [3.05, 3.63) is 58.8 Å². The molecule has 0 bridgehead atoms. The maximum Gasteiger partial charge on any atom is 0.326 e. The third kappa shape index (κ3) is 5.05. The van der Waals surface area contributed by atoms with Gasteiger partial charge in [-0.3, -0.25) is 19.7 Å². The summed E-state index contributed by atoms with van der Waals surface area (Å²) in [6, 6.07) is 13.5. The van der Waals surface area contributed by atoms with Gasteiger partial charge in [0.15, 0.2) is 12.0 Å². The standard InChI is InChI=1S/C25H27N3O5/c1-16-8-2-5-11-19(16)26-25(32)27-22(29)15-33-23(30)14-28-20-12-6-3-9-17(20)24(31)18-10-4-7-13-21(18)28/h3-4,6-7,9-10,12-13,16,19H,2,5,8,11,14-15H2,1H3,(H2,26,27,29,32). The molecule has 3 amide bonds. The number of imide groups is 1. The fourth-order valence-electron chi connectivity index (χ4n) is 4.47. The first kappa shape index (κ1) is 22.5. The molecule has 0 saturated heterocycles. The number of hydrogen-bond donors (Lipinski definition) is 2. The minimum Gasteiger partial charge on any atom is -0.454 e. The Labute approximate surface area is 190 Å². The highest BCUT2D eigenvalue weighted by atomic mass is 16.5. The number of rotatable bonds is 5. The van der Waals surface area contributed by atoms with Crippen molar-refractivity contribution in [3.63, 3.8) is 0 Å². The van der Waals surface area contributed by atoms with Gasteiger partial charge in [0.25, 0.3) is 5.91 Å². The van der Waals surface area contributed by atoms with Gasteiger partial charge in [-0.2, -0.15) is 0 Å². The van der Waals surface area contributed by atoms with Gasteiger partial charge in [0, 0.05) is 16.8 Å². The Morgan fingerprint density at radius 3 is 2.21 bits per heavy atom. The zero-order valence-electron chi connectivity index (χ0n) is 18.5. The van der Waals surface area contributed by atoms with Crippen LogP contribution < -0.4 is 16.1 Å². The van der Waals surface area contributed by atoms with Crippen molar-refractivity contribution < 1.29 is 19.1 Å². The van der Waals surface area contributed by atoms with Gasteiger partial charge in [0.05, 0.1) is 11.0 Å². The molecule has 1 aliphatic rings. The average Bonchev–Trinajstić information content (AvgIpc) is 2.82. The van der Waals surface area contributed by atoms with Crippen LogP contribution in [0.25, 0.3) is 21.8 Å². The molecule has 2 aromatic carbocycles. The van der Waals surface area contributed by atoms with E-state index in [0.29, 0.717) is 27.7 Å². The summed E-state index contributed by atoms with van der Waals surface area (Å²) < 4.78 is 6.82. The van der Waals surface area contributed by atoms with E-state index in [4.69, 9.17) is 4.74 Å². The van der Waals surface area contributed by atoms with Crippen LogP contribution >= 0.6 is 0 Å². The third-order valence-electron chi connectivity index (χ3n) is 6.21. The molecule has 8 heteroatoms. The van der Waals surface area contributed by atoms with E-state index in [1.807, 2.05) is 0 Å². The van der Waals surface area contributed by atoms with Crippen LogP contribution in [-0.2, 0) is 20.9 Å². The Morgan fingerprint density at radius 2 is 1.58 bits per heavy atom. The van der Waals surface area contributed by atoms with Crippen LogP contribution in [0.3, 0.4) is 0 Å². The number of nitrogens with zero attached hydrogens (tertiary/aromatic N) is 1. The molecule has 4 rings (SSSR count). The molecular weight excluding hydrogens is 422 g/mol. The van der Waals surface area contributed by atoms with Crippen molar-refractivity contribution in [1.29, 1.82) is 0 Å². The summed E-state index contributed by atoms with van der Waals surface area (Å²) in [7, 11) is 0. The van der Waals surface area contributed by atoms with E-state index >= 15 is 0 Å². The number of hydrogen-bond acceptors (Lipinski definition) is 5. The lowest BCUT2D eigenvalue weighted by Gasteiger charge is -2.29. The van der Waals surface area contributed by atoms with Crippen molar-refractivity contribution in [2.75, 3.05) is 6.61 Å². The summed E-state index contributed by atoms with van der Waals surface area (Å²) in [4.78, 5) is 49.5. The summed E-state index contributed by atoms with van der Waals surface area (Å²) in [5, 5.41) is 6.04. The van der Waals surface area contributed by atoms with Crippen molar-refractivity contribution in [3.8, 4) is 0 Å². The van der Waals surface area contributed by atoms with E-state index in [2.05, 4.69) is 17.6 Å². The molecule has 3 aromatic rings. The van der Waals surface area contributed by atoms with Gasteiger partial charge < -0.3 is 14.6 Å². The lowest BCUT2D eigenvalue weighted by molar-refractivity contribution is -0.148. The molecule has 2 atom stereocenters. The Balaban J connectivity index is 1.40. The van der Waals surface area contributed by atoms with Gasteiger partial charge in [-0.25, -0.2) is 4.79 Å². The molecule has 1 saturated carbocycles. The van der Waals surface area contributed by atoms with Gasteiger partial charge in [0.2, 0.25) is 0 Å². The molecule has 0 aliphatic heterocycles. The predicted octanol–water partition coefficient (Wildman–Crippen LogP) is 3.10. The zero-order chi connectivity index (χ0) is 23.4. The number of esters is 1. The first-order chi connectivity index (χ1) is 15.9. The minimum absolute atomic E-state index is 0.0380. The highest BCUT2D eigenvalue weighted by molar-refractivity contribution is 5.96. The molecule has 1 heterocycles. The van der Waals surface area contributed by atoms with Crippen molar-refractivity contribution >= 4 is 39.7 Å². The van der Waals surface area contributed by atoms with Gasteiger partial charge in [0.1, 0.15) is 6.54 Å². The minimum atomic E-state index is -0.695. The largest absolute Gasteiger partial charge is 0.454 e. The molecule has 8 nitrogen and oxygen atoms in total. The molecular formula is C25H27N3O5. The number of para-hydroxylation sites is 2. The first-order valence-corrected chi connectivity index (χ1v) is 11.2. The molecule has 0 spiro atoms. The molecule has 1 aliphatic carbocycles. The van der Waals surface area contributed by atoms with Crippen molar-refractivity contribution in [2.24, 2.45) is 5.92 Å². The van der Waals surface area contributed by atoms with Gasteiger partial charge >= 0.3 is 12.0 Å². The summed E-state index contributed by atoms with van der Waals surface area (Å²) in [5.41, 5.74) is 1.09. The smallest absolute Gasteiger partial charge is 0.326 e. The maximum atomic E-state index is 12.8. The number of fused-ring (bicyclic) bond motifs is 2. The summed E-state index contributed by atoms with van der Waals surface area (Å²) in [6.07, 6.45) is 4.13. The Kier molecular flexibility index (Phi) is 6.72. The van der Waals surface area contributed by atoms with Crippen molar-refractivity contribution in [2.45, 2.75) is 45.2 Å².